The van der Waals surface area contributed by atoms with Crippen LogP contribution < -0.4 is 5.56 Å². The van der Waals surface area contributed by atoms with Gasteiger partial charge < -0.3 is 4.57 Å². The predicted octanol–water partition coefficient (Wildman–Crippen LogP) is 4.71. The molecule has 3 aromatic heterocycles. The van der Waals surface area contributed by atoms with Crippen LogP contribution in [0.15, 0.2) is 52.5 Å². The molecular formula is C20H19ClN4OS. The van der Waals surface area contributed by atoms with Crippen molar-refractivity contribution in [3.05, 3.63) is 69.2 Å². The summed E-state index contributed by atoms with van der Waals surface area (Å²) in [5, 5.41) is 1.60. The van der Waals surface area contributed by atoms with E-state index < -0.39 is 0 Å². The number of hydrogen-bond donors (Lipinski definition) is 0. The molecule has 0 saturated heterocycles. The van der Waals surface area contributed by atoms with Crippen LogP contribution >= 0.6 is 23.4 Å². The lowest BCUT2D eigenvalue weighted by Gasteiger charge is -2.08. The summed E-state index contributed by atoms with van der Waals surface area (Å²) >= 11 is 7.70. The second kappa shape index (κ2) is 7.37. The normalized spacial score (nSPS) is 11.5. The molecule has 7 heteroatoms. The first kappa shape index (κ1) is 18.1. The number of thioether (sulfide) groups is 1. The van der Waals surface area contributed by atoms with Gasteiger partial charge in [-0.25, -0.2) is 9.97 Å². The molecule has 27 heavy (non-hydrogen) atoms. The van der Waals surface area contributed by atoms with Gasteiger partial charge in [-0.2, -0.15) is 0 Å². The predicted molar refractivity (Wildman–Crippen MR) is 111 cm³/mol. The molecule has 0 N–H and O–H groups in total. The standard InChI is InChI=1S/C20H19ClN4OS/c1-3-8-24-17-6-5-14(21)9-16(17)23-20(24)27-12-15-10-19(26)25-11-13(2)4-7-18(25)22-15/h4-7,9-11H,3,8,12H2,1-2H3. The fourth-order valence-corrected chi connectivity index (χ4v) is 4.20. The zero-order valence-electron chi connectivity index (χ0n) is 15.1. The maximum atomic E-state index is 12.4. The molecule has 0 bridgehead atoms. The fraction of sp³-hybridized carbons (Fsp3) is 0.250. The third-order valence-electron chi connectivity index (χ3n) is 4.33. The van der Waals surface area contributed by atoms with E-state index in [0.29, 0.717) is 16.4 Å². The molecule has 0 amide bonds. The van der Waals surface area contributed by atoms with Crippen LogP contribution in [0.2, 0.25) is 5.02 Å². The number of imidazole rings is 1. The minimum Gasteiger partial charge on any atom is -0.319 e. The van der Waals surface area contributed by atoms with Crippen LogP contribution in [0.3, 0.4) is 0 Å². The summed E-state index contributed by atoms with van der Waals surface area (Å²) in [7, 11) is 0. The lowest BCUT2D eigenvalue weighted by Crippen LogP contribution is -2.15. The molecule has 0 aliphatic carbocycles. The van der Waals surface area contributed by atoms with Gasteiger partial charge in [-0.3, -0.25) is 9.20 Å². The Bertz CT molecular complexity index is 1200. The molecule has 0 atom stereocenters. The first-order valence-corrected chi connectivity index (χ1v) is 10.2. The van der Waals surface area contributed by atoms with Crippen molar-refractivity contribution in [2.24, 2.45) is 0 Å². The number of pyridine rings is 1. The van der Waals surface area contributed by atoms with Gasteiger partial charge in [0.05, 0.1) is 16.7 Å². The SMILES string of the molecule is CCCn1c(SCc2cc(=O)n3cc(C)ccc3n2)nc2cc(Cl)ccc21. The average Bonchev–Trinajstić information content (AvgIpc) is 2.97. The van der Waals surface area contributed by atoms with Gasteiger partial charge in [0.15, 0.2) is 5.16 Å². The Labute approximate surface area is 166 Å². The van der Waals surface area contributed by atoms with Gasteiger partial charge in [0.25, 0.3) is 5.56 Å². The van der Waals surface area contributed by atoms with E-state index >= 15 is 0 Å². The van der Waals surface area contributed by atoms with Gasteiger partial charge in [-0.15, -0.1) is 0 Å². The smallest absolute Gasteiger partial charge is 0.258 e. The second-order valence-electron chi connectivity index (χ2n) is 6.49. The molecule has 1 aromatic carbocycles. The summed E-state index contributed by atoms with van der Waals surface area (Å²) in [6.07, 6.45) is 2.82. The number of halogens is 1. The average molecular weight is 399 g/mol. The van der Waals surface area contributed by atoms with E-state index in [-0.39, 0.29) is 5.56 Å². The highest BCUT2D eigenvalue weighted by molar-refractivity contribution is 7.98. The molecular weight excluding hydrogens is 380 g/mol. The summed E-state index contributed by atoms with van der Waals surface area (Å²) in [5.41, 5.74) is 4.35. The molecule has 0 aliphatic heterocycles. The van der Waals surface area contributed by atoms with Gasteiger partial charge in [0.1, 0.15) is 5.65 Å². The summed E-state index contributed by atoms with van der Waals surface area (Å²) in [5.74, 6) is 0.584. The fourth-order valence-electron chi connectivity index (χ4n) is 3.10. The highest BCUT2D eigenvalue weighted by Gasteiger charge is 2.12. The Balaban J connectivity index is 1.67. The van der Waals surface area contributed by atoms with Gasteiger partial charge in [-0.05, 0) is 43.2 Å². The first-order valence-electron chi connectivity index (χ1n) is 8.82. The van der Waals surface area contributed by atoms with E-state index in [1.807, 2.05) is 43.5 Å². The van der Waals surface area contributed by atoms with Crippen LogP contribution in [0.4, 0.5) is 0 Å². The maximum absolute atomic E-state index is 12.4. The Morgan fingerprint density at radius 3 is 2.81 bits per heavy atom. The minimum absolute atomic E-state index is 0.0619. The van der Waals surface area contributed by atoms with E-state index in [1.54, 1.807) is 22.2 Å². The molecule has 0 unspecified atom stereocenters. The van der Waals surface area contributed by atoms with Crippen LogP contribution in [0.1, 0.15) is 24.6 Å². The quantitative estimate of drug-likeness (QED) is 0.457. The highest BCUT2D eigenvalue weighted by Crippen LogP contribution is 2.28. The van der Waals surface area contributed by atoms with Gasteiger partial charge in [-0.1, -0.05) is 36.4 Å². The molecule has 0 aliphatic rings. The van der Waals surface area contributed by atoms with Crippen molar-refractivity contribution in [1.82, 2.24) is 18.9 Å². The van der Waals surface area contributed by atoms with Crippen molar-refractivity contribution in [1.29, 1.82) is 0 Å². The van der Waals surface area contributed by atoms with Crippen LogP contribution in [-0.4, -0.2) is 18.9 Å². The molecule has 3 heterocycles. The molecule has 4 rings (SSSR count). The maximum Gasteiger partial charge on any atom is 0.258 e. The highest BCUT2D eigenvalue weighted by atomic mass is 35.5. The van der Waals surface area contributed by atoms with Gasteiger partial charge >= 0.3 is 0 Å². The monoisotopic (exact) mass is 398 g/mol. The van der Waals surface area contributed by atoms with Crippen molar-refractivity contribution >= 4 is 40.0 Å². The van der Waals surface area contributed by atoms with Crippen molar-refractivity contribution in [3.63, 3.8) is 0 Å². The molecule has 5 nitrogen and oxygen atoms in total. The summed E-state index contributed by atoms with van der Waals surface area (Å²) < 4.78 is 3.78. The molecule has 0 saturated carbocycles. The molecule has 0 spiro atoms. The summed E-state index contributed by atoms with van der Waals surface area (Å²) in [6.45, 7) is 4.98. The first-order chi connectivity index (χ1) is 13.0. The Kier molecular flexibility index (Phi) is 4.93. The topological polar surface area (TPSA) is 52.2 Å². The van der Waals surface area contributed by atoms with E-state index in [2.05, 4.69) is 16.5 Å². The van der Waals surface area contributed by atoms with Gasteiger partial charge in [0.2, 0.25) is 0 Å². The number of fused-ring (bicyclic) bond motifs is 2. The minimum atomic E-state index is -0.0619. The number of aryl methyl sites for hydroxylation is 2. The van der Waals surface area contributed by atoms with Crippen molar-refractivity contribution < 1.29 is 0 Å². The van der Waals surface area contributed by atoms with E-state index in [0.717, 1.165) is 40.4 Å². The lowest BCUT2D eigenvalue weighted by atomic mass is 10.3. The Morgan fingerprint density at radius 1 is 1.15 bits per heavy atom. The number of aromatic nitrogens is 4. The van der Waals surface area contributed by atoms with E-state index in [9.17, 15) is 4.79 Å². The van der Waals surface area contributed by atoms with Crippen LogP contribution in [-0.2, 0) is 12.3 Å². The van der Waals surface area contributed by atoms with Crippen molar-refractivity contribution in [2.45, 2.75) is 37.7 Å². The third kappa shape index (κ3) is 3.59. The van der Waals surface area contributed by atoms with E-state index in [1.165, 1.54) is 0 Å². The number of hydrogen-bond acceptors (Lipinski definition) is 4. The van der Waals surface area contributed by atoms with E-state index in [4.69, 9.17) is 16.6 Å². The third-order valence-corrected chi connectivity index (χ3v) is 5.58. The molecule has 0 radical (unpaired) electrons. The Morgan fingerprint density at radius 2 is 2.00 bits per heavy atom. The number of benzene rings is 1. The zero-order chi connectivity index (χ0) is 19.0. The number of nitrogens with zero attached hydrogens (tertiary/aromatic N) is 4. The van der Waals surface area contributed by atoms with Gasteiger partial charge in [0, 0.05) is 29.6 Å². The molecule has 0 fully saturated rings. The lowest BCUT2D eigenvalue weighted by molar-refractivity contribution is 0.638. The van der Waals surface area contributed by atoms with Crippen molar-refractivity contribution in [3.8, 4) is 0 Å². The summed E-state index contributed by atoms with van der Waals surface area (Å²) in [6, 6.07) is 11.2. The second-order valence-corrected chi connectivity index (χ2v) is 7.87. The summed E-state index contributed by atoms with van der Waals surface area (Å²) in [4.78, 5) is 21.7. The number of rotatable bonds is 5. The van der Waals surface area contributed by atoms with Crippen molar-refractivity contribution in [2.75, 3.05) is 0 Å². The molecule has 4 aromatic rings. The Hall–Kier alpha value is -2.31. The largest absolute Gasteiger partial charge is 0.319 e. The van der Waals surface area contributed by atoms with Crippen LogP contribution in [0.5, 0.6) is 0 Å². The van der Waals surface area contributed by atoms with Crippen LogP contribution in [0.25, 0.3) is 16.7 Å². The van der Waals surface area contributed by atoms with Crippen LogP contribution in [0, 0.1) is 6.92 Å². The zero-order valence-corrected chi connectivity index (χ0v) is 16.7. The molecule has 138 valence electrons.